The number of carbonyl (C=O) groups is 2. The molecule has 3 aromatic rings. The van der Waals surface area contributed by atoms with E-state index in [-0.39, 0.29) is 29.1 Å². The number of nitrogens with one attached hydrogen (secondary N) is 1. The molecule has 7 heteroatoms. The molecule has 0 saturated carbocycles. The Kier molecular flexibility index (Phi) is 6.03. The number of aromatic nitrogens is 2. The molecule has 0 radical (unpaired) electrons. The average Bonchev–Trinajstić information content (AvgIpc) is 2.99. The van der Waals surface area contributed by atoms with Gasteiger partial charge in [0.1, 0.15) is 5.15 Å². The summed E-state index contributed by atoms with van der Waals surface area (Å²) in [7, 11) is 1.57. The zero-order valence-corrected chi connectivity index (χ0v) is 17.6. The van der Waals surface area contributed by atoms with Gasteiger partial charge in [0.05, 0.1) is 23.5 Å². The number of amides is 2. The Morgan fingerprint density at radius 3 is 2.28 bits per heavy atom. The maximum absolute atomic E-state index is 13.0. The fourth-order valence-corrected chi connectivity index (χ4v) is 3.50. The summed E-state index contributed by atoms with van der Waals surface area (Å²) in [6, 6.07) is 15.1. The molecule has 0 spiro atoms. The first-order valence-electron chi connectivity index (χ1n) is 9.21. The highest BCUT2D eigenvalue weighted by molar-refractivity contribution is 6.33. The van der Waals surface area contributed by atoms with Crippen molar-refractivity contribution in [3.8, 4) is 5.69 Å². The van der Waals surface area contributed by atoms with Crippen molar-refractivity contribution in [1.82, 2.24) is 14.7 Å². The van der Waals surface area contributed by atoms with Crippen molar-refractivity contribution >= 4 is 29.1 Å². The van der Waals surface area contributed by atoms with Crippen LogP contribution in [0.1, 0.15) is 27.2 Å². The molecule has 0 saturated heterocycles. The smallest absolute Gasteiger partial charge is 0.259 e. The molecular formula is C22H23ClN4O2. The van der Waals surface area contributed by atoms with Crippen LogP contribution >= 0.6 is 11.6 Å². The molecule has 1 N–H and O–H groups in total. The molecule has 1 heterocycles. The van der Waals surface area contributed by atoms with Crippen LogP contribution in [0.5, 0.6) is 0 Å². The van der Waals surface area contributed by atoms with Crippen molar-refractivity contribution in [2.24, 2.45) is 0 Å². The average molecular weight is 411 g/mol. The number of nitrogens with zero attached hydrogens (tertiary/aromatic N) is 3. The molecule has 0 atom stereocenters. The summed E-state index contributed by atoms with van der Waals surface area (Å²) >= 11 is 6.46. The predicted octanol–water partition coefficient (Wildman–Crippen LogP) is 4.16. The van der Waals surface area contributed by atoms with Gasteiger partial charge in [-0.2, -0.15) is 5.10 Å². The number of aryl methyl sites for hydroxylation is 3. The number of halogens is 1. The first kappa shape index (κ1) is 20.6. The Bertz CT molecular complexity index is 1040. The van der Waals surface area contributed by atoms with Gasteiger partial charge in [0.15, 0.2) is 0 Å². The Morgan fingerprint density at radius 1 is 1.03 bits per heavy atom. The summed E-state index contributed by atoms with van der Waals surface area (Å²) in [5.41, 5.74) is 4.26. The van der Waals surface area contributed by atoms with Crippen LogP contribution in [0.3, 0.4) is 0 Å². The highest BCUT2D eigenvalue weighted by Gasteiger charge is 2.25. The minimum Gasteiger partial charge on any atom is -0.332 e. The number of hydrogen-bond donors (Lipinski definition) is 1. The normalized spacial score (nSPS) is 10.7. The summed E-state index contributed by atoms with van der Waals surface area (Å²) in [4.78, 5) is 26.8. The van der Waals surface area contributed by atoms with E-state index in [9.17, 15) is 9.59 Å². The van der Waals surface area contributed by atoms with E-state index in [0.29, 0.717) is 5.69 Å². The third-order valence-electron chi connectivity index (χ3n) is 4.69. The van der Waals surface area contributed by atoms with Crippen molar-refractivity contribution in [3.63, 3.8) is 0 Å². The van der Waals surface area contributed by atoms with Gasteiger partial charge in [-0.1, -0.05) is 48.0 Å². The van der Waals surface area contributed by atoms with Crippen molar-refractivity contribution in [2.45, 2.75) is 20.8 Å². The summed E-state index contributed by atoms with van der Waals surface area (Å²) in [6.45, 7) is 5.49. The molecule has 29 heavy (non-hydrogen) atoms. The lowest BCUT2D eigenvalue weighted by Gasteiger charge is -2.18. The molecule has 0 aliphatic carbocycles. The topological polar surface area (TPSA) is 67.2 Å². The van der Waals surface area contributed by atoms with Crippen LogP contribution in [-0.4, -0.2) is 40.1 Å². The van der Waals surface area contributed by atoms with Gasteiger partial charge in [0, 0.05) is 12.7 Å². The van der Waals surface area contributed by atoms with E-state index < -0.39 is 0 Å². The predicted molar refractivity (Wildman–Crippen MR) is 115 cm³/mol. The van der Waals surface area contributed by atoms with Gasteiger partial charge in [-0.3, -0.25) is 9.59 Å². The van der Waals surface area contributed by atoms with Crippen LogP contribution < -0.4 is 5.32 Å². The third kappa shape index (κ3) is 4.32. The number of carbonyl (C=O) groups excluding carboxylic acids is 2. The minimum absolute atomic E-state index is 0.0983. The molecule has 150 valence electrons. The Hall–Kier alpha value is -3.12. The molecule has 0 bridgehead atoms. The van der Waals surface area contributed by atoms with Gasteiger partial charge < -0.3 is 10.2 Å². The van der Waals surface area contributed by atoms with E-state index in [1.54, 1.807) is 14.0 Å². The monoisotopic (exact) mass is 410 g/mol. The molecule has 2 aromatic carbocycles. The largest absolute Gasteiger partial charge is 0.332 e. The molecule has 1 aromatic heterocycles. The second-order valence-electron chi connectivity index (χ2n) is 6.97. The van der Waals surface area contributed by atoms with E-state index in [2.05, 4.69) is 10.4 Å². The minimum atomic E-state index is -0.355. The summed E-state index contributed by atoms with van der Waals surface area (Å²) < 4.78 is 1.52. The number of benzene rings is 2. The number of rotatable bonds is 5. The number of anilines is 1. The highest BCUT2D eigenvalue weighted by atomic mass is 35.5. The van der Waals surface area contributed by atoms with E-state index in [0.717, 1.165) is 22.5 Å². The van der Waals surface area contributed by atoms with Crippen molar-refractivity contribution < 1.29 is 9.59 Å². The van der Waals surface area contributed by atoms with E-state index in [1.807, 2.05) is 62.4 Å². The van der Waals surface area contributed by atoms with E-state index in [1.165, 1.54) is 9.58 Å². The van der Waals surface area contributed by atoms with Crippen LogP contribution in [0.2, 0.25) is 5.15 Å². The summed E-state index contributed by atoms with van der Waals surface area (Å²) in [5.74, 6) is -0.631. The van der Waals surface area contributed by atoms with E-state index >= 15 is 0 Å². The Labute approximate surface area is 175 Å². The van der Waals surface area contributed by atoms with Gasteiger partial charge >= 0.3 is 0 Å². The van der Waals surface area contributed by atoms with Crippen LogP contribution in [0.25, 0.3) is 5.69 Å². The van der Waals surface area contributed by atoms with Gasteiger partial charge in [0.2, 0.25) is 5.91 Å². The second-order valence-corrected chi connectivity index (χ2v) is 7.33. The molecule has 2 amide bonds. The van der Waals surface area contributed by atoms with E-state index in [4.69, 9.17) is 11.6 Å². The van der Waals surface area contributed by atoms with Crippen LogP contribution in [-0.2, 0) is 4.79 Å². The van der Waals surface area contributed by atoms with Crippen LogP contribution in [0.4, 0.5) is 5.69 Å². The SMILES string of the molecule is Cc1cccc(C)c1NC(=O)CN(C)C(=O)c1c(C)nn(-c2ccccc2)c1Cl. The molecule has 0 unspecified atom stereocenters. The number of hydrogen-bond acceptors (Lipinski definition) is 3. The lowest BCUT2D eigenvalue weighted by molar-refractivity contribution is -0.116. The fourth-order valence-electron chi connectivity index (χ4n) is 3.15. The lowest BCUT2D eigenvalue weighted by Crippen LogP contribution is -2.35. The maximum Gasteiger partial charge on any atom is 0.259 e. The molecule has 0 aliphatic rings. The number of likely N-dealkylation sites (N-methyl/N-ethyl adjacent to an activating group) is 1. The third-order valence-corrected chi connectivity index (χ3v) is 5.04. The molecule has 6 nitrogen and oxygen atoms in total. The Morgan fingerprint density at radius 2 is 1.66 bits per heavy atom. The highest BCUT2D eigenvalue weighted by Crippen LogP contribution is 2.25. The quantitative estimate of drug-likeness (QED) is 0.686. The Balaban J connectivity index is 1.77. The van der Waals surface area contributed by atoms with Crippen LogP contribution in [0.15, 0.2) is 48.5 Å². The molecule has 3 rings (SSSR count). The first-order valence-corrected chi connectivity index (χ1v) is 9.59. The van der Waals surface area contributed by atoms with Crippen molar-refractivity contribution in [1.29, 1.82) is 0 Å². The maximum atomic E-state index is 13.0. The summed E-state index contributed by atoms with van der Waals surface area (Å²) in [5, 5.41) is 7.50. The van der Waals surface area contributed by atoms with Gasteiger partial charge in [-0.05, 0) is 44.0 Å². The van der Waals surface area contributed by atoms with Gasteiger partial charge in [-0.25, -0.2) is 4.68 Å². The molecule has 0 fully saturated rings. The first-order chi connectivity index (χ1) is 13.8. The second kappa shape index (κ2) is 8.49. The van der Waals surface area contributed by atoms with Crippen LogP contribution in [0, 0.1) is 20.8 Å². The van der Waals surface area contributed by atoms with Crippen molar-refractivity contribution in [3.05, 3.63) is 76.1 Å². The fraction of sp³-hybridized carbons (Fsp3) is 0.227. The van der Waals surface area contributed by atoms with Crippen molar-refractivity contribution in [2.75, 3.05) is 18.9 Å². The number of para-hydroxylation sites is 2. The van der Waals surface area contributed by atoms with Gasteiger partial charge in [-0.15, -0.1) is 0 Å². The zero-order chi connectivity index (χ0) is 21.1. The standard InChI is InChI=1S/C22H23ClN4O2/c1-14-9-8-10-15(2)20(14)24-18(28)13-26(4)22(29)19-16(3)25-27(21(19)23)17-11-6-5-7-12-17/h5-12H,13H2,1-4H3,(H,24,28). The zero-order valence-electron chi connectivity index (χ0n) is 16.9. The summed E-state index contributed by atoms with van der Waals surface area (Å²) in [6.07, 6.45) is 0. The lowest BCUT2D eigenvalue weighted by atomic mass is 10.1. The molecule has 0 aliphatic heterocycles. The van der Waals surface area contributed by atoms with Gasteiger partial charge in [0.25, 0.3) is 5.91 Å². The molecular weight excluding hydrogens is 388 g/mol.